The monoisotopic (exact) mass is 379 g/mol. The van der Waals surface area contributed by atoms with Crippen molar-refractivity contribution in [3.8, 4) is 11.5 Å². The highest BCUT2D eigenvalue weighted by atomic mass is 19.4. The van der Waals surface area contributed by atoms with E-state index in [1.807, 2.05) is 0 Å². The fourth-order valence-electron chi connectivity index (χ4n) is 2.24. The van der Waals surface area contributed by atoms with E-state index < -0.39 is 30.1 Å². The summed E-state index contributed by atoms with van der Waals surface area (Å²) in [5, 5.41) is 10.4. The zero-order valence-corrected chi connectivity index (χ0v) is 14.1. The van der Waals surface area contributed by atoms with E-state index in [2.05, 4.69) is 0 Å². The number of rotatable bonds is 7. The molecule has 0 saturated carbocycles. The third-order valence-corrected chi connectivity index (χ3v) is 3.47. The fraction of sp³-hybridized carbons (Fsp3) is 0.158. The molecule has 2 aromatic rings. The van der Waals surface area contributed by atoms with Gasteiger partial charge in [0.2, 0.25) is 0 Å². The maximum Gasteiger partial charge on any atom is 0.416 e. The SMILES string of the molecule is COc1cc(C(=O)/C=C/c2ccccc2C(F)(F)F)ccc1OCC(=O)[O-]. The lowest BCUT2D eigenvalue weighted by Crippen LogP contribution is -2.29. The molecule has 0 unspecified atom stereocenters. The zero-order valence-electron chi connectivity index (χ0n) is 14.1. The summed E-state index contributed by atoms with van der Waals surface area (Å²) in [5.74, 6) is -1.80. The van der Waals surface area contributed by atoms with E-state index in [9.17, 15) is 27.9 Å². The van der Waals surface area contributed by atoms with E-state index in [1.54, 1.807) is 0 Å². The van der Waals surface area contributed by atoms with Crippen molar-refractivity contribution in [1.82, 2.24) is 0 Å². The van der Waals surface area contributed by atoms with Gasteiger partial charge in [-0.2, -0.15) is 13.2 Å². The van der Waals surface area contributed by atoms with Crippen LogP contribution in [0.5, 0.6) is 11.5 Å². The summed E-state index contributed by atoms with van der Waals surface area (Å²) in [6, 6.07) is 8.85. The fourth-order valence-corrected chi connectivity index (χ4v) is 2.24. The minimum Gasteiger partial charge on any atom is -0.546 e. The summed E-state index contributed by atoms with van der Waals surface area (Å²) >= 11 is 0. The molecule has 0 amide bonds. The van der Waals surface area contributed by atoms with Crippen LogP contribution in [0.4, 0.5) is 13.2 Å². The van der Waals surface area contributed by atoms with Gasteiger partial charge in [0.25, 0.3) is 0 Å². The van der Waals surface area contributed by atoms with Gasteiger partial charge in [-0.25, -0.2) is 0 Å². The highest BCUT2D eigenvalue weighted by Crippen LogP contribution is 2.32. The second kappa shape index (κ2) is 8.39. The molecule has 0 spiro atoms. The third-order valence-electron chi connectivity index (χ3n) is 3.47. The summed E-state index contributed by atoms with van der Waals surface area (Å²) in [5.41, 5.74) is -0.856. The van der Waals surface area contributed by atoms with Gasteiger partial charge < -0.3 is 19.4 Å². The van der Waals surface area contributed by atoms with Crippen LogP contribution < -0.4 is 14.6 Å². The molecule has 0 fully saturated rings. The summed E-state index contributed by atoms with van der Waals surface area (Å²) in [6.07, 6.45) is -2.44. The molecule has 0 atom stereocenters. The number of hydrogen-bond donors (Lipinski definition) is 0. The number of allylic oxidation sites excluding steroid dienone is 1. The van der Waals surface area contributed by atoms with E-state index in [1.165, 1.54) is 43.5 Å². The van der Waals surface area contributed by atoms with Crippen molar-refractivity contribution in [3.05, 3.63) is 65.2 Å². The van der Waals surface area contributed by atoms with Crippen LogP contribution in [0.25, 0.3) is 6.08 Å². The second-order valence-electron chi connectivity index (χ2n) is 5.31. The van der Waals surface area contributed by atoms with E-state index in [0.29, 0.717) is 0 Å². The van der Waals surface area contributed by atoms with Gasteiger partial charge in [0.1, 0.15) is 6.61 Å². The first-order chi connectivity index (χ1) is 12.7. The Hall–Kier alpha value is -3.29. The highest BCUT2D eigenvalue weighted by molar-refractivity contribution is 6.07. The molecule has 5 nitrogen and oxygen atoms in total. The maximum absolute atomic E-state index is 13.0. The Balaban J connectivity index is 2.24. The van der Waals surface area contributed by atoms with Crippen molar-refractivity contribution >= 4 is 17.8 Å². The molecule has 27 heavy (non-hydrogen) atoms. The highest BCUT2D eigenvalue weighted by Gasteiger charge is 2.32. The first kappa shape index (κ1) is 20.0. The molecule has 0 aliphatic heterocycles. The molecular formula is C19H14F3O5-. The van der Waals surface area contributed by atoms with Gasteiger partial charge in [-0.3, -0.25) is 4.79 Å². The van der Waals surface area contributed by atoms with Crippen molar-refractivity contribution in [2.24, 2.45) is 0 Å². The number of halogens is 3. The standard InChI is InChI=1S/C19H15F3O5/c1-26-17-10-13(7-9-16(17)27-11-18(24)25)15(23)8-6-12-4-2-3-5-14(12)19(20,21)22/h2-10H,11H2,1H3,(H,24,25)/p-1/b8-6+. The van der Waals surface area contributed by atoms with Crippen molar-refractivity contribution in [3.63, 3.8) is 0 Å². The van der Waals surface area contributed by atoms with Crippen molar-refractivity contribution in [2.45, 2.75) is 6.18 Å². The first-order valence-corrected chi connectivity index (χ1v) is 7.61. The number of alkyl halides is 3. The largest absolute Gasteiger partial charge is 0.546 e. The Morgan fingerprint density at radius 1 is 1.11 bits per heavy atom. The molecule has 0 radical (unpaired) electrons. The molecule has 142 valence electrons. The molecule has 0 aromatic heterocycles. The molecule has 0 aliphatic carbocycles. The molecule has 0 aliphatic rings. The molecule has 0 saturated heterocycles. The van der Waals surface area contributed by atoms with Crippen molar-refractivity contribution < 1.29 is 37.3 Å². The Kier molecular flexibility index (Phi) is 6.23. The van der Waals surface area contributed by atoms with Gasteiger partial charge in [-0.15, -0.1) is 0 Å². The first-order valence-electron chi connectivity index (χ1n) is 7.61. The van der Waals surface area contributed by atoms with Gasteiger partial charge in [0.05, 0.1) is 18.6 Å². The number of hydrogen-bond acceptors (Lipinski definition) is 5. The molecule has 2 aromatic carbocycles. The van der Waals surface area contributed by atoms with Crippen LogP contribution in [0.1, 0.15) is 21.5 Å². The number of carbonyl (C=O) groups excluding carboxylic acids is 2. The number of benzene rings is 2. The molecule has 0 heterocycles. The summed E-state index contributed by atoms with van der Waals surface area (Å²) in [4.78, 5) is 22.7. The quantitative estimate of drug-likeness (QED) is 0.546. The predicted octanol–water partition coefficient (Wildman–Crippen LogP) is 2.74. The molecular weight excluding hydrogens is 365 g/mol. The Bertz CT molecular complexity index is 872. The average Bonchev–Trinajstić information content (AvgIpc) is 2.63. The summed E-state index contributed by atoms with van der Waals surface area (Å²) < 4.78 is 48.9. The lowest BCUT2D eigenvalue weighted by atomic mass is 10.0. The van der Waals surface area contributed by atoms with Crippen molar-refractivity contribution in [1.29, 1.82) is 0 Å². The molecule has 8 heteroatoms. The van der Waals surface area contributed by atoms with E-state index in [-0.39, 0.29) is 22.6 Å². The number of carboxylic acids is 1. The van der Waals surface area contributed by atoms with Gasteiger partial charge in [-0.05, 0) is 35.9 Å². The summed E-state index contributed by atoms with van der Waals surface area (Å²) in [7, 11) is 1.30. The van der Waals surface area contributed by atoms with Crippen LogP contribution in [0.15, 0.2) is 48.5 Å². The maximum atomic E-state index is 13.0. The van der Waals surface area contributed by atoms with E-state index in [0.717, 1.165) is 18.2 Å². The summed E-state index contributed by atoms with van der Waals surface area (Å²) in [6.45, 7) is -0.697. The van der Waals surface area contributed by atoms with Gasteiger partial charge in [0, 0.05) is 5.56 Å². The van der Waals surface area contributed by atoms with Crippen LogP contribution in [-0.4, -0.2) is 25.5 Å². The number of ketones is 1. The normalized spacial score (nSPS) is 11.4. The predicted molar refractivity (Wildman–Crippen MR) is 88.3 cm³/mol. The van der Waals surface area contributed by atoms with Gasteiger partial charge in [0.15, 0.2) is 17.3 Å². The number of carboxylic acid groups (broad SMARTS) is 1. The molecule has 0 bridgehead atoms. The van der Waals surface area contributed by atoms with Gasteiger partial charge >= 0.3 is 6.18 Å². The van der Waals surface area contributed by atoms with E-state index >= 15 is 0 Å². The Morgan fingerprint density at radius 2 is 1.81 bits per heavy atom. The van der Waals surface area contributed by atoms with Crippen LogP contribution in [0.2, 0.25) is 0 Å². The van der Waals surface area contributed by atoms with Crippen LogP contribution in [0.3, 0.4) is 0 Å². The smallest absolute Gasteiger partial charge is 0.416 e. The van der Waals surface area contributed by atoms with Gasteiger partial charge in [-0.1, -0.05) is 24.3 Å². The topological polar surface area (TPSA) is 75.7 Å². The zero-order chi connectivity index (χ0) is 20.0. The number of ether oxygens (including phenoxy) is 2. The molecule has 2 rings (SSSR count). The van der Waals surface area contributed by atoms with Crippen LogP contribution >= 0.6 is 0 Å². The Morgan fingerprint density at radius 3 is 2.44 bits per heavy atom. The van der Waals surface area contributed by atoms with Crippen molar-refractivity contribution in [2.75, 3.05) is 13.7 Å². The second-order valence-corrected chi connectivity index (χ2v) is 5.31. The number of methoxy groups -OCH3 is 1. The number of carbonyl (C=O) groups is 2. The average molecular weight is 379 g/mol. The van der Waals surface area contributed by atoms with E-state index in [4.69, 9.17) is 9.47 Å². The minimum atomic E-state index is -4.54. The third kappa shape index (κ3) is 5.34. The molecule has 0 N–H and O–H groups in total. The lowest BCUT2D eigenvalue weighted by Gasteiger charge is -2.12. The van der Waals surface area contributed by atoms with Crippen LogP contribution in [0, 0.1) is 0 Å². The lowest BCUT2D eigenvalue weighted by molar-refractivity contribution is -0.307. The minimum absolute atomic E-state index is 0.0876. The number of aliphatic carboxylic acids is 1. The Labute approximate surface area is 152 Å². The van der Waals surface area contributed by atoms with Crippen LogP contribution in [-0.2, 0) is 11.0 Å².